The zero-order valence-corrected chi connectivity index (χ0v) is 10.4. The standard InChI is InChI=1S/C12H8OSSe/c13-14-9-5-1-3-7-11(9)15-12-8-4-2-6-10(12)14/h1-8H. The first-order chi connectivity index (χ1) is 7.36. The van der Waals surface area contributed by atoms with Gasteiger partial charge in [-0.3, -0.25) is 0 Å². The van der Waals surface area contributed by atoms with E-state index in [2.05, 4.69) is 12.1 Å². The van der Waals surface area contributed by atoms with E-state index in [0.29, 0.717) is 15.0 Å². The summed E-state index contributed by atoms with van der Waals surface area (Å²) in [6.07, 6.45) is 0. The Morgan fingerprint density at radius 3 is 1.80 bits per heavy atom. The van der Waals surface area contributed by atoms with Crippen molar-refractivity contribution in [3.63, 3.8) is 0 Å². The molecule has 0 amide bonds. The molecule has 0 radical (unpaired) electrons. The van der Waals surface area contributed by atoms with Gasteiger partial charge in [0.05, 0.1) is 0 Å². The minimum absolute atomic E-state index is 0.307. The predicted octanol–water partition coefficient (Wildman–Crippen LogP) is 0.822. The number of fused-ring (bicyclic) bond motifs is 2. The van der Waals surface area contributed by atoms with Crippen LogP contribution in [0.1, 0.15) is 0 Å². The Bertz CT molecular complexity index is 503. The third kappa shape index (κ3) is 1.48. The van der Waals surface area contributed by atoms with Crippen LogP contribution in [0.2, 0.25) is 0 Å². The number of hydrogen-bond donors (Lipinski definition) is 0. The van der Waals surface area contributed by atoms with E-state index < -0.39 is 10.8 Å². The minimum atomic E-state index is -0.974. The summed E-state index contributed by atoms with van der Waals surface area (Å²) in [5.41, 5.74) is 0. The first kappa shape index (κ1) is 9.34. The van der Waals surface area contributed by atoms with Crippen molar-refractivity contribution < 1.29 is 4.21 Å². The summed E-state index contributed by atoms with van der Waals surface area (Å²) in [4.78, 5) is 1.99. The molecule has 3 heteroatoms. The van der Waals surface area contributed by atoms with E-state index in [1.807, 2.05) is 36.4 Å². The predicted molar refractivity (Wildman–Crippen MR) is 62.6 cm³/mol. The molecule has 0 N–H and O–H groups in total. The van der Waals surface area contributed by atoms with Crippen molar-refractivity contribution in [3.05, 3.63) is 48.5 Å². The van der Waals surface area contributed by atoms with Crippen LogP contribution in [0.3, 0.4) is 0 Å². The second-order valence-corrected chi connectivity index (χ2v) is 6.96. The molecule has 0 aliphatic carbocycles. The van der Waals surface area contributed by atoms with Gasteiger partial charge in [-0.1, -0.05) is 0 Å². The van der Waals surface area contributed by atoms with Gasteiger partial charge >= 0.3 is 97.2 Å². The molecule has 0 atom stereocenters. The van der Waals surface area contributed by atoms with Gasteiger partial charge in [0, 0.05) is 0 Å². The Balaban J connectivity index is 2.24. The summed E-state index contributed by atoms with van der Waals surface area (Å²) in [6, 6.07) is 16.1. The van der Waals surface area contributed by atoms with Gasteiger partial charge in [-0.25, -0.2) is 0 Å². The Kier molecular flexibility index (Phi) is 2.24. The van der Waals surface area contributed by atoms with E-state index in [0.717, 1.165) is 9.79 Å². The van der Waals surface area contributed by atoms with Gasteiger partial charge in [0.1, 0.15) is 0 Å². The van der Waals surface area contributed by atoms with Crippen LogP contribution in [0, 0.1) is 0 Å². The van der Waals surface area contributed by atoms with Gasteiger partial charge in [-0.2, -0.15) is 0 Å². The van der Waals surface area contributed by atoms with Crippen molar-refractivity contribution in [1.29, 1.82) is 0 Å². The average molecular weight is 279 g/mol. The van der Waals surface area contributed by atoms with Crippen LogP contribution in [0.25, 0.3) is 0 Å². The van der Waals surface area contributed by atoms with E-state index in [1.54, 1.807) is 0 Å². The topological polar surface area (TPSA) is 17.1 Å². The molecule has 0 unspecified atom stereocenters. The molecule has 2 aromatic rings. The molecule has 2 aromatic carbocycles. The second-order valence-electron chi connectivity index (χ2n) is 3.26. The first-order valence-corrected chi connectivity index (χ1v) is 7.50. The molecule has 1 aliphatic rings. The molecule has 0 saturated carbocycles. The summed E-state index contributed by atoms with van der Waals surface area (Å²) >= 11 is 0.307. The molecule has 1 heterocycles. The zero-order valence-electron chi connectivity index (χ0n) is 7.84. The van der Waals surface area contributed by atoms with Gasteiger partial charge in [0.15, 0.2) is 0 Å². The van der Waals surface area contributed by atoms with E-state index in [-0.39, 0.29) is 0 Å². The van der Waals surface area contributed by atoms with Gasteiger partial charge in [-0.05, 0) is 0 Å². The van der Waals surface area contributed by atoms with Crippen molar-refractivity contribution >= 4 is 34.7 Å². The molecule has 1 aliphatic heterocycles. The van der Waals surface area contributed by atoms with E-state index >= 15 is 0 Å². The van der Waals surface area contributed by atoms with Crippen molar-refractivity contribution in [2.75, 3.05) is 0 Å². The molecule has 0 saturated heterocycles. The van der Waals surface area contributed by atoms with Crippen molar-refractivity contribution in [2.45, 2.75) is 9.79 Å². The normalized spacial score (nSPS) is 14.4. The molecule has 0 spiro atoms. The molecular weight excluding hydrogens is 271 g/mol. The fourth-order valence-corrected chi connectivity index (χ4v) is 5.96. The van der Waals surface area contributed by atoms with E-state index in [9.17, 15) is 4.21 Å². The molecule has 0 aromatic heterocycles. The van der Waals surface area contributed by atoms with Crippen LogP contribution < -0.4 is 8.92 Å². The molecular formula is C12H8OSSe. The Morgan fingerprint density at radius 1 is 0.800 bits per heavy atom. The van der Waals surface area contributed by atoms with Gasteiger partial charge in [0.25, 0.3) is 0 Å². The third-order valence-electron chi connectivity index (χ3n) is 2.32. The fourth-order valence-electron chi connectivity index (χ4n) is 1.61. The fraction of sp³-hybridized carbons (Fsp3) is 0. The van der Waals surface area contributed by atoms with Gasteiger partial charge in [0.2, 0.25) is 0 Å². The van der Waals surface area contributed by atoms with Crippen LogP contribution in [0.4, 0.5) is 0 Å². The van der Waals surface area contributed by atoms with Crippen molar-refractivity contribution in [1.82, 2.24) is 0 Å². The monoisotopic (exact) mass is 280 g/mol. The molecule has 74 valence electrons. The van der Waals surface area contributed by atoms with E-state index in [1.165, 1.54) is 8.92 Å². The van der Waals surface area contributed by atoms with Crippen LogP contribution in [-0.4, -0.2) is 19.2 Å². The first-order valence-electron chi connectivity index (χ1n) is 4.64. The SMILES string of the molecule is O=S1c2ccccc2[Se]c2ccccc21. The van der Waals surface area contributed by atoms with Crippen LogP contribution in [-0.2, 0) is 10.8 Å². The molecule has 0 bridgehead atoms. The number of rotatable bonds is 0. The molecule has 15 heavy (non-hydrogen) atoms. The Labute approximate surface area is 97.1 Å². The number of hydrogen-bond acceptors (Lipinski definition) is 1. The summed E-state index contributed by atoms with van der Waals surface area (Å²) < 4.78 is 14.7. The zero-order chi connectivity index (χ0) is 10.3. The summed E-state index contributed by atoms with van der Waals surface area (Å²) in [6.45, 7) is 0. The Hall–Kier alpha value is -0.891. The van der Waals surface area contributed by atoms with Gasteiger partial charge in [-0.15, -0.1) is 0 Å². The quantitative estimate of drug-likeness (QED) is 0.557. The molecule has 3 rings (SSSR count). The summed E-state index contributed by atoms with van der Waals surface area (Å²) in [5, 5.41) is 0. The van der Waals surface area contributed by atoms with Crippen molar-refractivity contribution in [3.8, 4) is 0 Å². The maximum atomic E-state index is 12.2. The molecule has 1 nitrogen and oxygen atoms in total. The van der Waals surface area contributed by atoms with E-state index in [4.69, 9.17) is 0 Å². The average Bonchev–Trinajstić information content (AvgIpc) is 2.30. The summed E-state index contributed by atoms with van der Waals surface area (Å²) in [7, 11) is -0.974. The van der Waals surface area contributed by atoms with Crippen LogP contribution in [0.15, 0.2) is 58.3 Å². The molecule has 0 fully saturated rings. The maximum absolute atomic E-state index is 12.2. The second kappa shape index (κ2) is 3.60. The van der Waals surface area contributed by atoms with Crippen LogP contribution >= 0.6 is 0 Å². The Morgan fingerprint density at radius 2 is 1.27 bits per heavy atom. The third-order valence-corrected chi connectivity index (χ3v) is 6.83. The van der Waals surface area contributed by atoms with Crippen molar-refractivity contribution in [2.24, 2.45) is 0 Å². The van der Waals surface area contributed by atoms with Gasteiger partial charge < -0.3 is 0 Å². The number of benzene rings is 2. The summed E-state index contributed by atoms with van der Waals surface area (Å²) in [5.74, 6) is 0. The van der Waals surface area contributed by atoms with Crippen LogP contribution in [0.5, 0.6) is 0 Å².